The number of hydrogen-bond acceptors (Lipinski definition) is 6. The average Bonchev–Trinajstić information content (AvgIpc) is 3.16. The van der Waals surface area contributed by atoms with Crippen LogP contribution in [0.3, 0.4) is 0 Å². The van der Waals surface area contributed by atoms with Gasteiger partial charge in [-0.1, -0.05) is 0 Å². The van der Waals surface area contributed by atoms with Crippen LogP contribution in [0.15, 0.2) is 24.7 Å². The Bertz CT molecular complexity index is 805. The molecule has 0 aromatic carbocycles. The molecule has 0 aliphatic heterocycles. The van der Waals surface area contributed by atoms with Gasteiger partial charge in [0.15, 0.2) is 6.33 Å². The first-order valence-corrected chi connectivity index (χ1v) is 9.16. The fourth-order valence-corrected chi connectivity index (χ4v) is 5.93. The number of pyridine rings is 1. The van der Waals surface area contributed by atoms with Crippen molar-refractivity contribution in [1.29, 1.82) is 0 Å². The highest BCUT2D eigenvalue weighted by Gasteiger charge is 2.60. The second-order valence-corrected chi connectivity index (χ2v) is 8.23. The van der Waals surface area contributed by atoms with Gasteiger partial charge in [-0.25, -0.2) is 4.98 Å². The van der Waals surface area contributed by atoms with Crippen molar-refractivity contribution in [3.63, 3.8) is 0 Å². The third kappa shape index (κ3) is 2.39. The summed E-state index contributed by atoms with van der Waals surface area (Å²) in [6.45, 7) is 0. The molecule has 4 saturated carbocycles. The largest absolute Gasteiger partial charge is 0.481 e. The van der Waals surface area contributed by atoms with Crippen LogP contribution in [0, 0.1) is 11.8 Å². The van der Waals surface area contributed by atoms with E-state index in [4.69, 9.17) is 4.74 Å². The predicted molar refractivity (Wildman–Crippen MR) is 91.5 cm³/mol. The second-order valence-electron chi connectivity index (χ2n) is 8.23. The molecule has 2 unspecified atom stereocenters. The highest BCUT2D eigenvalue weighted by molar-refractivity contribution is 5.94. The molecule has 2 heterocycles. The summed E-state index contributed by atoms with van der Waals surface area (Å²) in [6.07, 6.45) is 9.45. The van der Waals surface area contributed by atoms with Crippen molar-refractivity contribution in [3.8, 4) is 5.88 Å². The monoisotopic (exact) mass is 354 g/mol. The molecule has 0 saturated heterocycles. The molecule has 4 atom stereocenters. The molecule has 8 heteroatoms. The van der Waals surface area contributed by atoms with Gasteiger partial charge in [-0.05, 0) is 61.6 Å². The van der Waals surface area contributed by atoms with E-state index < -0.39 is 0 Å². The van der Waals surface area contributed by atoms with Crippen LogP contribution in [-0.2, 0) is 5.54 Å². The summed E-state index contributed by atoms with van der Waals surface area (Å²) >= 11 is 0. The normalized spacial score (nSPS) is 34.7. The van der Waals surface area contributed by atoms with E-state index in [0.717, 1.165) is 32.1 Å². The van der Waals surface area contributed by atoms with E-state index in [0.29, 0.717) is 23.3 Å². The number of amides is 1. The highest BCUT2D eigenvalue weighted by atomic mass is 16.5. The standard InChI is InChI=1S/C18H22N6O2/c1-26-15-3-2-14(9-19-15)16(25)22-17-5-12-4-13(6-17)8-18(7-12,10-17)24-21-11-20-23-24/h2-3,9,11-13H,4-8,10H2,1H3,(H,22,25)/t12-,13+,17?,18?. The van der Waals surface area contributed by atoms with Crippen LogP contribution in [-0.4, -0.2) is 43.7 Å². The van der Waals surface area contributed by atoms with E-state index in [-0.39, 0.29) is 17.0 Å². The quantitative estimate of drug-likeness (QED) is 0.895. The van der Waals surface area contributed by atoms with Crippen LogP contribution in [0.4, 0.5) is 0 Å². The number of aromatic nitrogens is 5. The molecule has 4 aliphatic rings. The topological polar surface area (TPSA) is 94.8 Å². The van der Waals surface area contributed by atoms with Crippen LogP contribution in [0.2, 0.25) is 0 Å². The van der Waals surface area contributed by atoms with E-state index in [1.165, 1.54) is 12.7 Å². The van der Waals surface area contributed by atoms with Crippen molar-refractivity contribution in [3.05, 3.63) is 30.2 Å². The molecular weight excluding hydrogens is 332 g/mol. The van der Waals surface area contributed by atoms with Gasteiger partial charge >= 0.3 is 0 Å². The van der Waals surface area contributed by atoms with Gasteiger partial charge in [0.1, 0.15) is 0 Å². The Morgan fingerprint density at radius 3 is 2.69 bits per heavy atom. The van der Waals surface area contributed by atoms with Gasteiger partial charge < -0.3 is 10.1 Å². The maximum atomic E-state index is 12.9. The number of nitrogens with zero attached hydrogens (tertiary/aromatic N) is 5. The van der Waals surface area contributed by atoms with Crippen LogP contribution < -0.4 is 10.1 Å². The molecule has 4 bridgehead atoms. The minimum absolute atomic E-state index is 0.0659. The number of carbonyl (C=O) groups is 1. The fraction of sp³-hybridized carbons (Fsp3) is 0.611. The first-order valence-electron chi connectivity index (χ1n) is 9.16. The molecule has 1 amide bonds. The average molecular weight is 354 g/mol. The van der Waals surface area contributed by atoms with Crippen LogP contribution >= 0.6 is 0 Å². The zero-order valence-electron chi connectivity index (χ0n) is 14.8. The van der Waals surface area contributed by atoms with Crippen LogP contribution in [0.5, 0.6) is 5.88 Å². The second kappa shape index (κ2) is 5.49. The molecule has 0 spiro atoms. The molecule has 0 radical (unpaired) electrons. The zero-order chi connectivity index (χ0) is 17.8. The predicted octanol–water partition coefficient (Wildman–Crippen LogP) is 1.55. The molecule has 4 fully saturated rings. The summed E-state index contributed by atoms with van der Waals surface area (Å²) in [6, 6.07) is 3.48. The molecule has 2 aromatic heterocycles. The van der Waals surface area contributed by atoms with Crippen LogP contribution in [0.25, 0.3) is 0 Å². The lowest BCUT2D eigenvalue weighted by atomic mass is 9.50. The first-order chi connectivity index (χ1) is 12.6. The molecule has 6 rings (SSSR count). The number of nitrogens with one attached hydrogen (secondary N) is 1. The molecule has 8 nitrogen and oxygen atoms in total. The number of carbonyl (C=O) groups excluding carboxylic acids is 1. The Labute approximate surface area is 151 Å². The summed E-state index contributed by atoms with van der Waals surface area (Å²) in [5, 5.41) is 15.8. The summed E-state index contributed by atoms with van der Waals surface area (Å²) in [7, 11) is 1.56. The first kappa shape index (κ1) is 15.7. The van der Waals surface area contributed by atoms with Gasteiger partial charge in [0.25, 0.3) is 5.91 Å². The molecule has 1 N–H and O–H groups in total. The lowest BCUT2D eigenvalue weighted by Crippen LogP contribution is -2.66. The molecule has 2 aromatic rings. The Morgan fingerprint density at radius 2 is 2.08 bits per heavy atom. The Balaban J connectivity index is 1.42. The van der Waals surface area contributed by atoms with E-state index in [1.807, 2.05) is 0 Å². The summed E-state index contributed by atoms with van der Waals surface area (Å²) < 4.78 is 5.07. The van der Waals surface area contributed by atoms with E-state index in [2.05, 4.69) is 25.7 Å². The molecule has 136 valence electrons. The van der Waals surface area contributed by atoms with Crippen molar-refractivity contribution in [2.75, 3.05) is 7.11 Å². The SMILES string of the molecule is COc1ccc(C(=O)NC23C[C@H]4C[C@@H](C2)CC(n2ncnn2)(C4)C3)cn1. The molecule has 26 heavy (non-hydrogen) atoms. The zero-order valence-corrected chi connectivity index (χ0v) is 14.8. The van der Waals surface area contributed by atoms with Crippen molar-refractivity contribution >= 4 is 5.91 Å². The van der Waals surface area contributed by atoms with Gasteiger partial charge in [-0.2, -0.15) is 4.80 Å². The number of tetrazole rings is 1. The van der Waals surface area contributed by atoms with E-state index in [1.54, 1.807) is 30.2 Å². The number of ether oxygens (including phenoxy) is 1. The Morgan fingerprint density at radius 1 is 1.27 bits per heavy atom. The number of hydrogen-bond donors (Lipinski definition) is 1. The minimum Gasteiger partial charge on any atom is -0.481 e. The van der Waals surface area contributed by atoms with Crippen molar-refractivity contribution in [1.82, 2.24) is 30.5 Å². The smallest absolute Gasteiger partial charge is 0.253 e. The Hall–Kier alpha value is -2.51. The van der Waals surface area contributed by atoms with E-state index >= 15 is 0 Å². The summed E-state index contributed by atoms with van der Waals surface area (Å²) in [5.41, 5.74) is 0.273. The lowest BCUT2D eigenvalue weighted by Gasteiger charge is -2.61. The highest BCUT2D eigenvalue weighted by Crippen LogP contribution is 2.60. The summed E-state index contributed by atoms with van der Waals surface area (Å²) in [5.74, 6) is 1.66. The Kier molecular flexibility index (Phi) is 3.32. The third-order valence-electron chi connectivity index (χ3n) is 6.39. The number of rotatable bonds is 4. The van der Waals surface area contributed by atoms with Crippen molar-refractivity contribution in [2.45, 2.75) is 49.6 Å². The maximum Gasteiger partial charge on any atom is 0.253 e. The van der Waals surface area contributed by atoms with Gasteiger partial charge in [0, 0.05) is 17.8 Å². The van der Waals surface area contributed by atoms with Gasteiger partial charge in [0.05, 0.1) is 18.2 Å². The minimum atomic E-state index is -0.186. The molecular formula is C18H22N6O2. The van der Waals surface area contributed by atoms with Crippen molar-refractivity contribution in [2.24, 2.45) is 11.8 Å². The molecule has 4 aliphatic carbocycles. The van der Waals surface area contributed by atoms with Gasteiger partial charge in [0.2, 0.25) is 5.88 Å². The lowest BCUT2D eigenvalue weighted by molar-refractivity contribution is -0.0810. The van der Waals surface area contributed by atoms with E-state index in [9.17, 15) is 4.79 Å². The van der Waals surface area contributed by atoms with Gasteiger partial charge in [-0.3, -0.25) is 4.79 Å². The third-order valence-corrected chi connectivity index (χ3v) is 6.39. The van der Waals surface area contributed by atoms with Crippen LogP contribution in [0.1, 0.15) is 48.9 Å². The summed E-state index contributed by atoms with van der Waals surface area (Å²) in [4.78, 5) is 18.8. The number of methoxy groups -OCH3 is 1. The van der Waals surface area contributed by atoms with Gasteiger partial charge in [-0.15, -0.1) is 10.2 Å². The van der Waals surface area contributed by atoms with Crippen molar-refractivity contribution < 1.29 is 9.53 Å². The maximum absolute atomic E-state index is 12.9. The fourth-order valence-electron chi connectivity index (χ4n) is 5.93.